The molecule has 130 valence electrons. The van der Waals surface area contributed by atoms with E-state index in [4.69, 9.17) is 0 Å². The minimum Gasteiger partial charge on any atom is -0.432 e. The molecule has 3 N–H and O–H groups in total. The number of H-pyrrole nitrogens is 1. The molecule has 5 nitrogen and oxygen atoms in total. The number of rotatable bonds is 7. The number of aromatic nitrogens is 1. The van der Waals surface area contributed by atoms with Crippen molar-refractivity contribution in [1.82, 2.24) is 10.3 Å². The van der Waals surface area contributed by atoms with E-state index in [9.17, 15) is 14.4 Å². The molecule has 7 heteroatoms. The standard InChI is InChI=1S/C16H27BrN2O3Si/c1-11-10-12(17)14(20)19-13(11)15(21)18-9-7-6-8-16(2,3)23(4,5)22/h10,22H,6-9H2,1-5H3,(H,18,21)(H,19,20). The first kappa shape index (κ1) is 20.1. The normalized spacial score (nSPS) is 12.3. The summed E-state index contributed by atoms with van der Waals surface area (Å²) in [5.41, 5.74) is 0.725. The predicted molar refractivity (Wildman–Crippen MR) is 99.4 cm³/mol. The lowest BCUT2D eigenvalue weighted by Crippen LogP contribution is -2.39. The van der Waals surface area contributed by atoms with E-state index in [2.05, 4.69) is 40.1 Å². The number of carbonyl (C=O) groups excluding carboxylic acids is 1. The summed E-state index contributed by atoms with van der Waals surface area (Å²) >= 11 is 3.14. The Labute approximate surface area is 147 Å². The third kappa shape index (κ3) is 5.58. The molecule has 1 aromatic heterocycles. The fourth-order valence-corrected chi connectivity index (χ4v) is 3.35. The van der Waals surface area contributed by atoms with Gasteiger partial charge in [-0.3, -0.25) is 9.59 Å². The van der Waals surface area contributed by atoms with E-state index in [0.29, 0.717) is 16.7 Å². The van der Waals surface area contributed by atoms with Crippen molar-refractivity contribution in [3.8, 4) is 0 Å². The smallest absolute Gasteiger partial charge is 0.268 e. The zero-order valence-corrected chi connectivity index (χ0v) is 17.1. The van der Waals surface area contributed by atoms with Crippen LogP contribution in [0.25, 0.3) is 0 Å². The van der Waals surface area contributed by atoms with Crippen molar-refractivity contribution in [2.45, 2.75) is 58.2 Å². The van der Waals surface area contributed by atoms with E-state index in [1.165, 1.54) is 0 Å². The summed E-state index contributed by atoms with van der Waals surface area (Å²) in [6.45, 7) is 10.5. The number of aryl methyl sites for hydroxylation is 1. The SMILES string of the molecule is Cc1cc(Br)c(=O)[nH]c1C(=O)NCCCCC(C)(C)[Si](C)(C)O. The number of hydrogen-bond acceptors (Lipinski definition) is 3. The summed E-state index contributed by atoms with van der Waals surface area (Å²) in [6, 6.07) is 1.64. The molecule has 23 heavy (non-hydrogen) atoms. The second-order valence-corrected chi connectivity index (χ2v) is 12.5. The highest BCUT2D eigenvalue weighted by Crippen LogP contribution is 2.39. The molecule has 0 aliphatic rings. The van der Waals surface area contributed by atoms with Gasteiger partial charge in [0.2, 0.25) is 0 Å². The van der Waals surface area contributed by atoms with Crippen LogP contribution in [0, 0.1) is 6.92 Å². The van der Waals surface area contributed by atoms with Gasteiger partial charge in [-0.15, -0.1) is 0 Å². The van der Waals surface area contributed by atoms with E-state index < -0.39 is 8.32 Å². The van der Waals surface area contributed by atoms with Gasteiger partial charge < -0.3 is 15.1 Å². The van der Waals surface area contributed by atoms with Crippen molar-refractivity contribution in [3.63, 3.8) is 0 Å². The summed E-state index contributed by atoms with van der Waals surface area (Å²) in [6.07, 6.45) is 2.73. The van der Waals surface area contributed by atoms with Gasteiger partial charge in [-0.2, -0.15) is 0 Å². The van der Waals surface area contributed by atoms with Gasteiger partial charge in [0.1, 0.15) is 5.69 Å². The molecule has 1 amide bonds. The van der Waals surface area contributed by atoms with Crippen molar-refractivity contribution >= 4 is 30.2 Å². The number of amides is 1. The predicted octanol–water partition coefficient (Wildman–Crippen LogP) is 3.32. The van der Waals surface area contributed by atoms with Gasteiger partial charge in [-0.05, 0) is 65.5 Å². The quantitative estimate of drug-likeness (QED) is 0.483. The van der Waals surface area contributed by atoms with Crippen LogP contribution in [0.5, 0.6) is 0 Å². The van der Waals surface area contributed by atoms with Gasteiger partial charge in [-0.25, -0.2) is 0 Å². The zero-order chi connectivity index (χ0) is 17.8. The van der Waals surface area contributed by atoms with Crippen molar-refractivity contribution in [2.24, 2.45) is 0 Å². The number of aromatic amines is 1. The van der Waals surface area contributed by atoms with E-state index in [0.717, 1.165) is 24.8 Å². The van der Waals surface area contributed by atoms with Gasteiger partial charge in [0.15, 0.2) is 8.32 Å². The number of nitrogens with one attached hydrogen (secondary N) is 2. The lowest BCUT2D eigenvalue weighted by molar-refractivity contribution is 0.0947. The third-order valence-electron chi connectivity index (χ3n) is 4.59. The molecular formula is C16H27BrN2O3Si. The highest BCUT2D eigenvalue weighted by atomic mass is 79.9. The van der Waals surface area contributed by atoms with Crippen LogP contribution in [0.4, 0.5) is 0 Å². The third-order valence-corrected chi connectivity index (χ3v) is 8.74. The van der Waals surface area contributed by atoms with Crippen LogP contribution < -0.4 is 10.9 Å². The number of unbranched alkanes of at least 4 members (excludes halogenated alkanes) is 1. The maximum absolute atomic E-state index is 12.1. The maximum atomic E-state index is 12.1. The summed E-state index contributed by atoms with van der Waals surface area (Å²) in [7, 11) is -2.17. The molecule has 0 atom stereocenters. The number of carbonyl (C=O) groups is 1. The highest BCUT2D eigenvalue weighted by molar-refractivity contribution is 9.10. The molecule has 0 radical (unpaired) electrons. The van der Waals surface area contributed by atoms with Crippen LogP contribution in [0.2, 0.25) is 18.1 Å². The van der Waals surface area contributed by atoms with Gasteiger partial charge in [0.25, 0.3) is 11.5 Å². The van der Waals surface area contributed by atoms with Gasteiger partial charge in [0, 0.05) is 6.54 Å². The molecule has 1 aromatic rings. The molecule has 0 aliphatic carbocycles. The van der Waals surface area contributed by atoms with Crippen LogP contribution in [-0.4, -0.2) is 30.5 Å². The molecule has 0 saturated carbocycles. The van der Waals surface area contributed by atoms with E-state index in [-0.39, 0.29) is 16.5 Å². The molecule has 0 bridgehead atoms. The van der Waals surface area contributed by atoms with Crippen LogP contribution in [0.15, 0.2) is 15.3 Å². The Hall–Kier alpha value is -0.923. The van der Waals surface area contributed by atoms with E-state index >= 15 is 0 Å². The first-order chi connectivity index (χ1) is 10.5. The lowest BCUT2D eigenvalue weighted by atomic mass is 10.1. The summed E-state index contributed by atoms with van der Waals surface area (Å²) in [5, 5.41) is 2.80. The minimum absolute atomic E-state index is 0.0372. The van der Waals surface area contributed by atoms with Crippen LogP contribution in [-0.2, 0) is 0 Å². The molecule has 0 aliphatic heterocycles. The largest absolute Gasteiger partial charge is 0.432 e. The van der Waals surface area contributed by atoms with Crippen molar-refractivity contribution in [3.05, 3.63) is 32.2 Å². The average molecular weight is 403 g/mol. The van der Waals surface area contributed by atoms with Gasteiger partial charge in [-0.1, -0.05) is 20.3 Å². The van der Waals surface area contributed by atoms with Crippen LogP contribution >= 0.6 is 15.9 Å². The lowest BCUT2D eigenvalue weighted by Gasteiger charge is -2.35. The Bertz CT molecular complexity index is 621. The fourth-order valence-electron chi connectivity index (χ4n) is 2.12. The summed E-state index contributed by atoms with van der Waals surface area (Å²) in [4.78, 5) is 36.5. The monoisotopic (exact) mass is 402 g/mol. The molecule has 1 heterocycles. The number of hydrogen-bond donors (Lipinski definition) is 3. The fraction of sp³-hybridized carbons (Fsp3) is 0.625. The topological polar surface area (TPSA) is 82.2 Å². The minimum atomic E-state index is -2.17. The Morgan fingerprint density at radius 2 is 2.00 bits per heavy atom. The number of pyridine rings is 1. The Balaban J connectivity index is 2.47. The highest BCUT2D eigenvalue weighted by Gasteiger charge is 2.37. The van der Waals surface area contributed by atoms with Crippen LogP contribution in [0.3, 0.4) is 0 Å². The van der Waals surface area contributed by atoms with E-state index in [1.807, 2.05) is 13.1 Å². The van der Waals surface area contributed by atoms with Crippen LogP contribution in [0.1, 0.15) is 49.2 Å². The van der Waals surface area contributed by atoms with Crippen molar-refractivity contribution in [1.29, 1.82) is 0 Å². The molecule has 1 rings (SSSR count). The van der Waals surface area contributed by atoms with Crippen molar-refractivity contribution in [2.75, 3.05) is 6.54 Å². The van der Waals surface area contributed by atoms with Crippen molar-refractivity contribution < 1.29 is 9.59 Å². The second-order valence-electron chi connectivity index (χ2n) is 7.16. The zero-order valence-electron chi connectivity index (χ0n) is 14.5. The average Bonchev–Trinajstić information content (AvgIpc) is 2.40. The summed E-state index contributed by atoms with van der Waals surface area (Å²) in [5.74, 6) is -0.261. The molecule has 0 spiro atoms. The molecule has 0 fully saturated rings. The summed E-state index contributed by atoms with van der Waals surface area (Å²) < 4.78 is 0.421. The first-order valence-electron chi connectivity index (χ1n) is 7.86. The van der Waals surface area contributed by atoms with Gasteiger partial charge >= 0.3 is 0 Å². The Morgan fingerprint density at radius 3 is 2.57 bits per heavy atom. The van der Waals surface area contributed by atoms with E-state index in [1.54, 1.807) is 13.0 Å². The molecule has 0 unspecified atom stereocenters. The second kappa shape index (κ2) is 7.77. The first-order valence-corrected chi connectivity index (χ1v) is 11.6. The molecule has 0 saturated heterocycles. The number of halogens is 1. The Morgan fingerprint density at radius 1 is 1.39 bits per heavy atom. The Kier molecular flexibility index (Phi) is 6.79. The maximum Gasteiger partial charge on any atom is 0.268 e. The van der Waals surface area contributed by atoms with Gasteiger partial charge in [0.05, 0.1) is 4.47 Å². The molecular weight excluding hydrogens is 376 g/mol. The molecule has 0 aromatic carbocycles.